The van der Waals surface area contributed by atoms with Crippen molar-refractivity contribution in [1.82, 2.24) is 25.3 Å². The SMILES string of the molecule is CCN(CC)C(CNC(=NC)NCCCn1cccn1)Cc1ccccc1. The molecule has 1 unspecified atom stereocenters. The number of aliphatic imine (C=N–C) groups is 1. The zero-order valence-corrected chi connectivity index (χ0v) is 16.9. The molecule has 0 aliphatic rings. The quantitative estimate of drug-likeness (QED) is 0.362. The molecule has 27 heavy (non-hydrogen) atoms. The van der Waals surface area contributed by atoms with E-state index in [2.05, 4.69) is 69.8 Å². The lowest BCUT2D eigenvalue weighted by molar-refractivity contribution is 0.215. The topological polar surface area (TPSA) is 57.5 Å². The van der Waals surface area contributed by atoms with Gasteiger partial charge in [-0.2, -0.15) is 5.10 Å². The van der Waals surface area contributed by atoms with Crippen molar-refractivity contribution in [2.75, 3.05) is 33.2 Å². The van der Waals surface area contributed by atoms with Crippen molar-refractivity contribution in [2.24, 2.45) is 4.99 Å². The summed E-state index contributed by atoms with van der Waals surface area (Å²) in [6.45, 7) is 9.20. The van der Waals surface area contributed by atoms with Gasteiger partial charge < -0.3 is 10.6 Å². The van der Waals surface area contributed by atoms with Crippen LogP contribution in [0.5, 0.6) is 0 Å². The summed E-state index contributed by atoms with van der Waals surface area (Å²) in [4.78, 5) is 6.87. The molecule has 1 atom stereocenters. The molecular formula is C21H34N6. The van der Waals surface area contributed by atoms with Gasteiger partial charge in [-0.15, -0.1) is 0 Å². The standard InChI is InChI=1S/C21H34N6/c1-4-26(5-2)20(17-19-11-7-6-8-12-19)18-24-21(22-3)23-13-9-15-27-16-10-14-25-27/h6-8,10-12,14,16,20H,4-5,9,13,15,17-18H2,1-3H3,(H2,22,23,24). The number of aryl methyl sites for hydroxylation is 1. The van der Waals surface area contributed by atoms with Crippen LogP contribution in [0.3, 0.4) is 0 Å². The Morgan fingerprint density at radius 2 is 1.93 bits per heavy atom. The van der Waals surface area contributed by atoms with Gasteiger partial charge in [-0.05, 0) is 37.6 Å². The molecule has 0 radical (unpaired) electrons. The largest absolute Gasteiger partial charge is 0.356 e. The zero-order valence-electron chi connectivity index (χ0n) is 16.9. The van der Waals surface area contributed by atoms with Gasteiger partial charge in [0.2, 0.25) is 0 Å². The van der Waals surface area contributed by atoms with E-state index in [9.17, 15) is 0 Å². The van der Waals surface area contributed by atoms with E-state index in [4.69, 9.17) is 0 Å². The Bertz CT molecular complexity index is 634. The Labute approximate surface area is 163 Å². The normalized spacial score (nSPS) is 13.0. The molecule has 0 spiro atoms. The summed E-state index contributed by atoms with van der Waals surface area (Å²) in [7, 11) is 1.83. The van der Waals surface area contributed by atoms with E-state index in [1.807, 2.05) is 30.2 Å². The van der Waals surface area contributed by atoms with Gasteiger partial charge in [0.05, 0.1) is 0 Å². The van der Waals surface area contributed by atoms with Crippen LogP contribution in [-0.2, 0) is 13.0 Å². The summed E-state index contributed by atoms with van der Waals surface area (Å²) >= 11 is 0. The number of benzene rings is 1. The molecule has 1 aromatic carbocycles. The third-order valence-corrected chi connectivity index (χ3v) is 4.79. The highest BCUT2D eigenvalue weighted by molar-refractivity contribution is 5.79. The van der Waals surface area contributed by atoms with Crippen LogP contribution in [0.15, 0.2) is 53.8 Å². The maximum absolute atomic E-state index is 4.37. The van der Waals surface area contributed by atoms with E-state index in [0.29, 0.717) is 6.04 Å². The van der Waals surface area contributed by atoms with E-state index in [1.54, 1.807) is 0 Å². The minimum atomic E-state index is 0.435. The molecule has 0 aliphatic carbocycles. The average Bonchev–Trinajstić information content (AvgIpc) is 3.22. The molecule has 2 N–H and O–H groups in total. The van der Waals surface area contributed by atoms with Gasteiger partial charge in [-0.25, -0.2) is 0 Å². The van der Waals surface area contributed by atoms with Crippen LogP contribution in [0, 0.1) is 0 Å². The van der Waals surface area contributed by atoms with Crippen molar-refractivity contribution in [2.45, 2.75) is 39.3 Å². The number of nitrogens with zero attached hydrogens (tertiary/aromatic N) is 4. The summed E-state index contributed by atoms with van der Waals surface area (Å²) in [5.74, 6) is 0.862. The third-order valence-electron chi connectivity index (χ3n) is 4.79. The third kappa shape index (κ3) is 7.43. The average molecular weight is 371 g/mol. The Hall–Kier alpha value is -2.34. The molecule has 6 heteroatoms. The lowest BCUT2D eigenvalue weighted by atomic mass is 10.0. The number of guanidine groups is 1. The molecule has 2 aromatic rings. The van der Waals surface area contributed by atoms with Crippen molar-refractivity contribution in [3.63, 3.8) is 0 Å². The molecule has 1 heterocycles. The number of likely N-dealkylation sites (N-methyl/N-ethyl adjacent to an activating group) is 1. The van der Waals surface area contributed by atoms with Gasteiger partial charge in [-0.1, -0.05) is 44.2 Å². The van der Waals surface area contributed by atoms with E-state index in [1.165, 1.54) is 5.56 Å². The fourth-order valence-electron chi connectivity index (χ4n) is 3.27. The van der Waals surface area contributed by atoms with Crippen molar-refractivity contribution in [1.29, 1.82) is 0 Å². The van der Waals surface area contributed by atoms with E-state index >= 15 is 0 Å². The summed E-state index contributed by atoms with van der Waals surface area (Å²) in [6.07, 6.45) is 5.84. The van der Waals surface area contributed by atoms with Crippen LogP contribution in [0.2, 0.25) is 0 Å². The molecular weight excluding hydrogens is 336 g/mol. The smallest absolute Gasteiger partial charge is 0.191 e. The highest BCUT2D eigenvalue weighted by Crippen LogP contribution is 2.08. The number of hydrogen-bond acceptors (Lipinski definition) is 3. The van der Waals surface area contributed by atoms with Gasteiger partial charge >= 0.3 is 0 Å². The van der Waals surface area contributed by atoms with Gasteiger partial charge in [0.25, 0.3) is 0 Å². The van der Waals surface area contributed by atoms with Crippen LogP contribution in [0.25, 0.3) is 0 Å². The van der Waals surface area contributed by atoms with Crippen LogP contribution >= 0.6 is 0 Å². The second-order valence-electron chi connectivity index (χ2n) is 6.57. The fraction of sp³-hybridized carbons (Fsp3) is 0.524. The predicted molar refractivity (Wildman–Crippen MR) is 113 cm³/mol. The maximum Gasteiger partial charge on any atom is 0.191 e. The molecule has 0 amide bonds. The van der Waals surface area contributed by atoms with Crippen LogP contribution < -0.4 is 10.6 Å². The molecule has 0 fully saturated rings. The molecule has 1 aromatic heterocycles. The number of rotatable bonds is 11. The van der Waals surface area contributed by atoms with E-state index in [0.717, 1.165) is 51.5 Å². The molecule has 2 rings (SSSR count). The van der Waals surface area contributed by atoms with Crippen molar-refractivity contribution >= 4 is 5.96 Å². The summed E-state index contributed by atoms with van der Waals surface area (Å²) in [5.41, 5.74) is 1.37. The van der Waals surface area contributed by atoms with Crippen molar-refractivity contribution in [3.05, 3.63) is 54.4 Å². The highest BCUT2D eigenvalue weighted by atomic mass is 15.3. The lowest BCUT2D eigenvalue weighted by Crippen LogP contribution is -2.48. The van der Waals surface area contributed by atoms with Gasteiger partial charge in [0.1, 0.15) is 0 Å². The Kier molecular flexibility index (Phi) is 9.41. The number of hydrogen-bond donors (Lipinski definition) is 2. The lowest BCUT2D eigenvalue weighted by Gasteiger charge is -2.30. The summed E-state index contributed by atoms with van der Waals surface area (Å²) in [5, 5.41) is 11.1. The van der Waals surface area contributed by atoms with Crippen LogP contribution in [-0.4, -0.2) is 59.9 Å². The Morgan fingerprint density at radius 3 is 2.56 bits per heavy atom. The van der Waals surface area contributed by atoms with Crippen molar-refractivity contribution in [3.8, 4) is 0 Å². The molecule has 0 saturated heterocycles. The molecule has 0 saturated carbocycles. The first-order valence-corrected chi connectivity index (χ1v) is 9.96. The van der Waals surface area contributed by atoms with Crippen LogP contribution in [0.1, 0.15) is 25.8 Å². The molecule has 0 aliphatic heterocycles. The van der Waals surface area contributed by atoms with E-state index < -0.39 is 0 Å². The predicted octanol–water partition coefficient (Wildman–Crippen LogP) is 2.39. The van der Waals surface area contributed by atoms with Crippen molar-refractivity contribution < 1.29 is 0 Å². The van der Waals surface area contributed by atoms with Gasteiger partial charge in [-0.3, -0.25) is 14.6 Å². The van der Waals surface area contributed by atoms with E-state index in [-0.39, 0.29) is 0 Å². The molecule has 6 nitrogen and oxygen atoms in total. The fourth-order valence-corrected chi connectivity index (χ4v) is 3.27. The summed E-state index contributed by atoms with van der Waals surface area (Å²) < 4.78 is 1.95. The van der Waals surface area contributed by atoms with Crippen LogP contribution in [0.4, 0.5) is 0 Å². The first kappa shape index (κ1) is 21.0. The second-order valence-corrected chi connectivity index (χ2v) is 6.57. The number of aromatic nitrogens is 2. The monoisotopic (exact) mass is 370 g/mol. The van der Waals surface area contributed by atoms with Gasteiger partial charge in [0, 0.05) is 45.1 Å². The Morgan fingerprint density at radius 1 is 1.15 bits per heavy atom. The Balaban J connectivity index is 1.81. The highest BCUT2D eigenvalue weighted by Gasteiger charge is 2.16. The number of nitrogens with one attached hydrogen (secondary N) is 2. The minimum absolute atomic E-state index is 0.435. The maximum atomic E-state index is 4.37. The first-order chi connectivity index (χ1) is 13.3. The summed E-state index contributed by atoms with van der Waals surface area (Å²) in [6, 6.07) is 13.1. The zero-order chi connectivity index (χ0) is 19.3. The first-order valence-electron chi connectivity index (χ1n) is 9.96. The molecule has 0 bridgehead atoms. The minimum Gasteiger partial charge on any atom is -0.356 e. The second kappa shape index (κ2) is 12.1. The van der Waals surface area contributed by atoms with Gasteiger partial charge in [0.15, 0.2) is 5.96 Å². The molecule has 148 valence electrons.